The zero-order chi connectivity index (χ0) is 17.6. The van der Waals surface area contributed by atoms with E-state index >= 15 is 0 Å². The fourth-order valence-corrected chi connectivity index (χ4v) is 2.63. The quantitative estimate of drug-likeness (QED) is 0.751. The van der Waals surface area contributed by atoms with E-state index in [9.17, 15) is 4.79 Å². The minimum absolute atomic E-state index is 0.227. The third-order valence-electron chi connectivity index (χ3n) is 3.88. The minimum atomic E-state index is -0.278. The summed E-state index contributed by atoms with van der Waals surface area (Å²) in [5, 5.41) is 10.6. The van der Waals surface area contributed by atoms with Gasteiger partial charge in [0.05, 0.1) is 18.8 Å². The molecule has 6 heteroatoms. The van der Waals surface area contributed by atoms with Crippen LogP contribution >= 0.6 is 0 Å². The van der Waals surface area contributed by atoms with E-state index in [4.69, 9.17) is 4.74 Å². The highest BCUT2D eigenvalue weighted by Gasteiger charge is 2.20. The van der Waals surface area contributed by atoms with E-state index in [1.165, 1.54) is 10.9 Å². The molecule has 0 saturated carbocycles. The number of ether oxygens (including phenoxy) is 1. The van der Waals surface area contributed by atoms with Crippen molar-refractivity contribution in [1.29, 1.82) is 0 Å². The van der Waals surface area contributed by atoms with Crippen molar-refractivity contribution in [2.45, 2.75) is 13.0 Å². The highest BCUT2D eigenvalue weighted by molar-refractivity contribution is 5.92. The van der Waals surface area contributed by atoms with Crippen LogP contribution in [0.4, 0.5) is 0 Å². The van der Waals surface area contributed by atoms with Gasteiger partial charge < -0.3 is 10.1 Å². The highest BCUT2D eigenvalue weighted by Crippen LogP contribution is 2.24. The lowest BCUT2D eigenvalue weighted by molar-refractivity contribution is 0.0933. The summed E-state index contributed by atoms with van der Waals surface area (Å²) in [5.74, 6) is 0.579. The standard InChI is InChI=1S/C19H20N4O2/c1-3-25-16-11-9-15(10-12-16)18(14-7-5-4-6-8-14)21-19(24)17-13-20-22-23(17)2/h4-13,18H,3H2,1-2H3,(H,21,24)/t18-/m0/s1. The largest absolute Gasteiger partial charge is 0.494 e. The van der Waals surface area contributed by atoms with Crippen LogP contribution in [0, 0.1) is 0 Å². The Morgan fingerprint density at radius 2 is 1.80 bits per heavy atom. The summed E-state index contributed by atoms with van der Waals surface area (Å²) in [5.41, 5.74) is 2.38. The number of benzene rings is 2. The molecule has 0 bridgehead atoms. The van der Waals surface area contributed by atoms with Gasteiger partial charge in [-0.3, -0.25) is 4.79 Å². The lowest BCUT2D eigenvalue weighted by Gasteiger charge is -2.20. The molecule has 0 spiro atoms. The molecule has 0 aliphatic rings. The van der Waals surface area contributed by atoms with Crippen LogP contribution in [0.25, 0.3) is 0 Å². The first kappa shape index (κ1) is 16.7. The number of carbonyl (C=O) groups is 1. The molecule has 3 rings (SSSR count). The summed E-state index contributed by atoms with van der Waals surface area (Å²) >= 11 is 0. The van der Waals surface area contributed by atoms with Gasteiger partial charge in [0.25, 0.3) is 5.91 Å². The van der Waals surface area contributed by atoms with Gasteiger partial charge in [-0.15, -0.1) is 5.10 Å². The van der Waals surface area contributed by atoms with Crippen LogP contribution in [0.1, 0.15) is 34.6 Å². The Morgan fingerprint density at radius 1 is 1.12 bits per heavy atom. The van der Waals surface area contributed by atoms with Gasteiger partial charge in [0.2, 0.25) is 0 Å². The molecular weight excluding hydrogens is 316 g/mol. The number of carbonyl (C=O) groups excluding carboxylic acids is 1. The maximum Gasteiger partial charge on any atom is 0.271 e. The molecule has 0 radical (unpaired) electrons. The van der Waals surface area contributed by atoms with E-state index in [0.717, 1.165) is 16.9 Å². The molecule has 0 aliphatic carbocycles. The van der Waals surface area contributed by atoms with Gasteiger partial charge in [-0.2, -0.15) is 0 Å². The van der Waals surface area contributed by atoms with Crippen LogP contribution in [-0.4, -0.2) is 27.5 Å². The van der Waals surface area contributed by atoms with Crippen LogP contribution in [0.2, 0.25) is 0 Å². The van der Waals surface area contributed by atoms with Gasteiger partial charge in [-0.1, -0.05) is 47.7 Å². The molecule has 0 fully saturated rings. The Labute approximate surface area is 146 Å². The number of hydrogen-bond acceptors (Lipinski definition) is 4. The first-order valence-electron chi connectivity index (χ1n) is 8.12. The van der Waals surface area contributed by atoms with Crippen molar-refractivity contribution in [3.63, 3.8) is 0 Å². The van der Waals surface area contributed by atoms with E-state index in [1.54, 1.807) is 7.05 Å². The predicted octanol–water partition coefficient (Wildman–Crippen LogP) is 2.73. The Kier molecular flexibility index (Phi) is 5.09. The monoisotopic (exact) mass is 336 g/mol. The molecule has 6 nitrogen and oxygen atoms in total. The molecule has 0 aliphatic heterocycles. The minimum Gasteiger partial charge on any atom is -0.494 e. The van der Waals surface area contributed by atoms with Crippen molar-refractivity contribution >= 4 is 5.91 Å². The van der Waals surface area contributed by atoms with Gasteiger partial charge in [-0.25, -0.2) is 4.68 Å². The van der Waals surface area contributed by atoms with E-state index < -0.39 is 0 Å². The average molecular weight is 336 g/mol. The number of nitrogens with one attached hydrogen (secondary N) is 1. The second-order valence-corrected chi connectivity index (χ2v) is 5.56. The van der Waals surface area contributed by atoms with Crippen molar-refractivity contribution in [2.75, 3.05) is 6.61 Å². The molecule has 1 N–H and O–H groups in total. The van der Waals surface area contributed by atoms with E-state index in [2.05, 4.69) is 15.6 Å². The number of aromatic nitrogens is 3. The topological polar surface area (TPSA) is 69.0 Å². The lowest BCUT2D eigenvalue weighted by atomic mass is 9.98. The van der Waals surface area contributed by atoms with Gasteiger partial charge in [0, 0.05) is 7.05 Å². The maximum absolute atomic E-state index is 12.6. The van der Waals surface area contributed by atoms with E-state index in [1.807, 2.05) is 61.5 Å². The summed E-state index contributed by atoms with van der Waals surface area (Å²) in [7, 11) is 1.69. The normalized spacial score (nSPS) is 11.8. The number of hydrogen-bond donors (Lipinski definition) is 1. The Hall–Kier alpha value is -3.15. The summed E-state index contributed by atoms with van der Waals surface area (Å²) in [6, 6.07) is 17.3. The summed E-state index contributed by atoms with van der Waals surface area (Å²) in [6.45, 7) is 2.56. The molecule has 1 amide bonds. The molecule has 25 heavy (non-hydrogen) atoms. The first-order chi connectivity index (χ1) is 12.2. The van der Waals surface area contributed by atoms with E-state index in [0.29, 0.717) is 12.3 Å². The Morgan fingerprint density at radius 3 is 2.40 bits per heavy atom. The van der Waals surface area contributed by atoms with Gasteiger partial charge in [0.15, 0.2) is 0 Å². The highest BCUT2D eigenvalue weighted by atomic mass is 16.5. The fourth-order valence-electron chi connectivity index (χ4n) is 2.63. The van der Waals surface area contributed by atoms with Gasteiger partial charge in [-0.05, 0) is 30.2 Å². The SMILES string of the molecule is CCOc1ccc([C@@H](NC(=O)c2cnnn2C)c2ccccc2)cc1. The summed E-state index contributed by atoms with van der Waals surface area (Å²) < 4.78 is 6.95. The predicted molar refractivity (Wildman–Crippen MR) is 94.4 cm³/mol. The molecule has 1 aromatic heterocycles. The molecule has 1 heterocycles. The van der Waals surface area contributed by atoms with Crippen LogP contribution in [-0.2, 0) is 7.05 Å². The van der Waals surface area contributed by atoms with Gasteiger partial charge >= 0.3 is 0 Å². The molecule has 1 atom stereocenters. The van der Waals surface area contributed by atoms with Gasteiger partial charge in [0.1, 0.15) is 11.4 Å². The first-order valence-corrected chi connectivity index (χ1v) is 8.12. The smallest absolute Gasteiger partial charge is 0.271 e. The third-order valence-corrected chi connectivity index (χ3v) is 3.88. The van der Waals surface area contributed by atoms with Crippen molar-refractivity contribution in [3.05, 3.63) is 77.6 Å². The lowest BCUT2D eigenvalue weighted by Crippen LogP contribution is -2.30. The second kappa shape index (κ2) is 7.61. The zero-order valence-corrected chi connectivity index (χ0v) is 14.2. The van der Waals surface area contributed by atoms with Crippen LogP contribution in [0.3, 0.4) is 0 Å². The van der Waals surface area contributed by atoms with E-state index in [-0.39, 0.29) is 11.9 Å². The molecule has 0 saturated heterocycles. The van der Waals surface area contributed by atoms with Crippen LogP contribution in [0.5, 0.6) is 5.75 Å². The fraction of sp³-hybridized carbons (Fsp3) is 0.211. The second-order valence-electron chi connectivity index (χ2n) is 5.56. The molecule has 128 valence electrons. The number of amides is 1. The molecule has 0 unspecified atom stereocenters. The number of rotatable bonds is 6. The van der Waals surface area contributed by atoms with Crippen molar-refractivity contribution in [2.24, 2.45) is 7.05 Å². The summed E-state index contributed by atoms with van der Waals surface area (Å²) in [6.07, 6.45) is 1.45. The van der Waals surface area contributed by atoms with Crippen LogP contribution < -0.4 is 10.1 Å². The van der Waals surface area contributed by atoms with Crippen molar-refractivity contribution in [1.82, 2.24) is 20.3 Å². The summed E-state index contributed by atoms with van der Waals surface area (Å²) in [4.78, 5) is 12.6. The maximum atomic E-state index is 12.6. The number of nitrogens with zero attached hydrogens (tertiary/aromatic N) is 3. The van der Waals surface area contributed by atoms with Crippen molar-refractivity contribution < 1.29 is 9.53 Å². The van der Waals surface area contributed by atoms with Crippen LogP contribution in [0.15, 0.2) is 60.8 Å². The molecular formula is C19H20N4O2. The molecule has 2 aromatic carbocycles. The molecule has 3 aromatic rings. The Bertz CT molecular complexity index is 828. The Balaban J connectivity index is 1.90. The number of aryl methyl sites for hydroxylation is 1. The van der Waals surface area contributed by atoms with Crippen molar-refractivity contribution in [3.8, 4) is 5.75 Å². The average Bonchev–Trinajstić information content (AvgIpc) is 3.07. The zero-order valence-electron chi connectivity index (χ0n) is 14.2. The third kappa shape index (κ3) is 3.85.